The summed E-state index contributed by atoms with van der Waals surface area (Å²) in [6, 6.07) is 3.28. The van der Waals surface area contributed by atoms with Crippen LogP contribution in [-0.4, -0.2) is 23.0 Å². The van der Waals surface area contributed by atoms with Crippen LogP contribution >= 0.6 is 0 Å². The molecule has 1 heterocycles. The van der Waals surface area contributed by atoms with Crippen molar-refractivity contribution in [2.75, 3.05) is 12.4 Å². The topological polar surface area (TPSA) is 64.1 Å². The van der Waals surface area contributed by atoms with E-state index in [2.05, 4.69) is 15.3 Å². The van der Waals surface area contributed by atoms with Crippen molar-refractivity contribution in [2.24, 2.45) is 5.92 Å². The number of aromatic nitrogens is 2. The second-order valence-corrected chi connectivity index (χ2v) is 6.79. The third-order valence-corrected chi connectivity index (χ3v) is 5.24. The lowest BCUT2D eigenvalue weighted by Crippen LogP contribution is -2.11. The summed E-state index contributed by atoms with van der Waals surface area (Å²) in [5, 5.41) is 3.29. The van der Waals surface area contributed by atoms with Gasteiger partial charge >= 0.3 is 5.97 Å². The van der Waals surface area contributed by atoms with Gasteiger partial charge in [-0.1, -0.05) is 6.07 Å². The zero-order valence-electron chi connectivity index (χ0n) is 14.3. The number of carbonyl (C=O) groups excluding carboxylic acids is 1. The molecule has 0 saturated heterocycles. The largest absolute Gasteiger partial charge is 0.469 e. The zero-order chi connectivity index (χ0) is 17.6. The molecule has 1 aromatic carbocycles. The summed E-state index contributed by atoms with van der Waals surface area (Å²) in [7, 11) is 1.40. The minimum Gasteiger partial charge on any atom is -0.469 e. The van der Waals surface area contributed by atoms with Crippen LogP contribution < -0.4 is 5.32 Å². The van der Waals surface area contributed by atoms with Gasteiger partial charge in [-0.15, -0.1) is 0 Å². The second kappa shape index (κ2) is 6.10. The molecule has 1 fully saturated rings. The number of fused-ring (bicyclic) bond motifs is 1. The minimum absolute atomic E-state index is 0.0845. The summed E-state index contributed by atoms with van der Waals surface area (Å²) in [6.07, 6.45) is 5.82. The van der Waals surface area contributed by atoms with Crippen molar-refractivity contribution >= 4 is 11.8 Å². The van der Waals surface area contributed by atoms with Gasteiger partial charge in [-0.2, -0.15) is 0 Å². The number of nitrogens with one attached hydrogen (secondary N) is 1. The molecule has 0 radical (unpaired) electrons. The third-order valence-electron chi connectivity index (χ3n) is 5.24. The highest BCUT2D eigenvalue weighted by atomic mass is 19.1. The summed E-state index contributed by atoms with van der Waals surface area (Å²) < 4.78 is 19.0. The summed E-state index contributed by atoms with van der Waals surface area (Å²) in [5.41, 5.74) is 3.78. The molecule has 130 valence electrons. The number of esters is 1. The first-order chi connectivity index (χ1) is 12.1. The number of benzene rings is 1. The van der Waals surface area contributed by atoms with E-state index in [0.717, 1.165) is 41.6 Å². The lowest BCUT2D eigenvalue weighted by Gasteiger charge is -2.16. The molecule has 0 aliphatic heterocycles. The summed E-state index contributed by atoms with van der Waals surface area (Å²) in [4.78, 5) is 20.3. The van der Waals surface area contributed by atoms with Crippen LogP contribution in [0.5, 0.6) is 0 Å². The fourth-order valence-corrected chi connectivity index (χ4v) is 3.75. The van der Waals surface area contributed by atoms with Crippen LogP contribution in [-0.2, 0) is 16.0 Å². The van der Waals surface area contributed by atoms with E-state index in [1.165, 1.54) is 13.2 Å². The molecule has 0 amide bonds. The molecule has 4 rings (SSSR count). The fraction of sp³-hybridized carbons (Fsp3) is 0.421. The molecule has 0 bridgehead atoms. The Kier molecular flexibility index (Phi) is 3.90. The van der Waals surface area contributed by atoms with Crippen LogP contribution in [0.1, 0.15) is 47.2 Å². The smallest absolute Gasteiger partial charge is 0.309 e. The van der Waals surface area contributed by atoms with Gasteiger partial charge in [0.2, 0.25) is 0 Å². The average molecular weight is 341 g/mol. The van der Waals surface area contributed by atoms with Gasteiger partial charge in [0.05, 0.1) is 37.2 Å². The quantitative estimate of drug-likeness (QED) is 0.865. The Hall–Kier alpha value is -2.50. The van der Waals surface area contributed by atoms with E-state index in [1.54, 1.807) is 12.4 Å². The monoisotopic (exact) mass is 341 g/mol. The van der Waals surface area contributed by atoms with E-state index >= 15 is 0 Å². The Balaban J connectivity index is 1.47. The maximum atomic E-state index is 14.2. The van der Waals surface area contributed by atoms with Crippen molar-refractivity contribution in [3.63, 3.8) is 0 Å². The zero-order valence-corrected chi connectivity index (χ0v) is 14.3. The third kappa shape index (κ3) is 2.86. The molecule has 3 atom stereocenters. The lowest BCUT2D eigenvalue weighted by molar-refractivity contribution is -0.142. The van der Waals surface area contributed by atoms with Gasteiger partial charge in [0.1, 0.15) is 11.6 Å². The number of nitrogens with zero attached hydrogens (tertiary/aromatic N) is 2. The Morgan fingerprint density at radius 2 is 2.16 bits per heavy atom. The van der Waals surface area contributed by atoms with Gasteiger partial charge in [-0.3, -0.25) is 9.78 Å². The molecule has 6 heteroatoms. The van der Waals surface area contributed by atoms with E-state index in [1.807, 2.05) is 13.0 Å². The molecule has 1 saturated carbocycles. The van der Waals surface area contributed by atoms with Gasteiger partial charge < -0.3 is 10.1 Å². The summed E-state index contributed by atoms with van der Waals surface area (Å²) >= 11 is 0. The highest BCUT2D eigenvalue weighted by Gasteiger charge is 2.46. The van der Waals surface area contributed by atoms with Gasteiger partial charge in [0, 0.05) is 11.5 Å². The van der Waals surface area contributed by atoms with Crippen molar-refractivity contribution in [2.45, 2.75) is 38.1 Å². The SMILES string of the molecule is COC(=O)[C@H]1CC1c1cnc(NC2CCc3c(C)ccc(F)c32)cn1. The van der Waals surface area contributed by atoms with Crippen molar-refractivity contribution in [3.05, 3.63) is 52.7 Å². The van der Waals surface area contributed by atoms with E-state index in [4.69, 9.17) is 4.74 Å². The first-order valence-corrected chi connectivity index (χ1v) is 8.52. The fourth-order valence-electron chi connectivity index (χ4n) is 3.75. The molecule has 1 N–H and O–H groups in total. The van der Waals surface area contributed by atoms with E-state index < -0.39 is 0 Å². The predicted octanol–water partition coefficient (Wildman–Crippen LogP) is 3.30. The highest BCUT2D eigenvalue weighted by molar-refractivity contribution is 5.77. The second-order valence-electron chi connectivity index (χ2n) is 6.79. The van der Waals surface area contributed by atoms with Crippen LogP contribution in [0.2, 0.25) is 0 Å². The van der Waals surface area contributed by atoms with Crippen molar-refractivity contribution in [3.8, 4) is 0 Å². The number of hydrogen-bond acceptors (Lipinski definition) is 5. The Bertz CT molecular complexity index is 822. The van der Waals surface area contributed by atoms with Gasteiger partial charge in [0.25, 0.3) is 0 Å². The van der Waals surface area contributed by atoms with E-state index in [-0.39, 0.29) is 29.7 Å². The number of anilines is 1. The van der Waals surface area contributed by atoms with Crippen LogP contribution in [0.3, 0.4) is 0 Å². The molecule has 2 aliphatic rings. The van der Waals surface area contributed by atoms with E-state index in [9.17, 15) is 9.18 Å². The molecular formula is C19H20FN3O2. The molecule has 2 unspecified atom stereocenters. The summed E-state index contributed by atoms with van der Waals surface area (Å²) in [6.45, 7) is 2.02. The Labute approximate surface area is 145 Å². The maximum Gasteiger partial charge on any atom is 0.309 e. The van der Waals surface area contributed by atoms with Crippen LogP contribution in [0.25, 0.3) is 0 Å². The number of halogens is 1. The number of hydrogen-bond donors (Lipinski definition) is 1. The van der Waals surface area contributed by atoms with Gasteiger partial charge in [-0.05, 0) is 43.4 Å². The van der Waals surface area contributed by atoms with Crippen molar-refractivity contribution < 1.29 is 13.9 Å². The highest BCUT2D eigenvalue weighted by Crippen LogP contribution is 2.47. The maximum absolute atomic E-state index is 14.2. The predicted molar refractivity (Wildman–Crippen MR) is 90.7 cm³/mol. The van der Waals surface area contributed by atoms with Crippen LogP contribution in [0.4, 0.5) is 10.2 Å². The lowest BCUT2D eigenvalue weighted by atomic mass is 10.0. The van der Waals surface area contributed by atoms with Gasteiger partial charge in [-0.25, -0.2) is 9.37 Å². The molecule has 2 aliphatic carbocycles. The normalized spacial score (nSPS) is 23.9. The molecule has 5 nitrogen and oxygen atoms in total. The average Bonchev–Trinajstić information content (AvgIpc) is 3.31. The minimum atomic E-state index is -0.192. The first-order valence-electron chi connectivity index (χ1n) is 8.52. The number of rotatable bonds is 4. The number of methoxy groups -OCH3 is 1. The number of ether oxygens (including phenoxy) is 1. The van der Waals surface area contributed by atoms with Crippen molar-refractivity contribution in [1.29, 1.82) is 0 Å². The molecule has 0 spiro atoms. The Morgan fingerprint density at radius 3 is 2.88 bits per heavy atom. The van der Waals surface area contributed by atoms with Crippen molar-refractivity contribution in [1.82, 2.24) is 9.97 Å². The Morgan fingerprint density at radius 1 is 1.32 bits per heavy atom. The number of carbonyl (C=O) groups is 1. The van der Waals surface area contributed by atoms with Crippen LogP contribution in [0, 0.1) is 18.7 Å². The molecule has 25 heavy (non-hydrogen) atoms. The van der Waals surface area contributed by atoms with Gasteiger partial charge in [0.15, 0.2) is 0 Å². The molecular weight excluding hydrogens is 321 g/mol. The van der Waals surface area contributed by atoms with E-state index in [0.29, 0.717) is 5.82 Å². The van der Waals surface area contributed by atoms with Crippen LogP contribution in [0.15, 0.2) is 24.5 Å². The first kappa shape index (κ1) is 16.0. The number of aryl methyl sites for hydroxylation is 1. The summed E-state index contributed by atoms with van der Waals surface area (Å²) in [5.74, 6) is 0.262. The molecule has 2 aromatic rings. The standard InChI is InChI=1S/C19H20FN3O2/c1-10-3-5-14(20)18-11(10)4-6-15(18)23-17-9-21-16(8-22-17)12-7-13(12)19(24)25-2/h3,5,8-9,12-13,15H,4,6-7H2,1-2H3,(H,22,23)/t12?,13-,15?/m0/s1. The molecule has 1 aromatic heterocycles.